The van der Waals surface area contributed by atoms with E-state index in [-0.39, 0.29) is 5.95 Å². The summed E-state index contributed by atoms with van der Waals surface area (Å²) in [6.45, 7) is 4.14. The van der Waals surface area contributed by atoms with Gasteiger partial charge in [-0.15, -0.1) is 5.10 Å². The Morgan fingerprint density at radius 1 is 1.21 bits per heavy atom. The van der Waals surface area contributed by atoms with Crippen LogP contribution in [-0.2, 0) is 27.3 Å². The highest BCUT2D eigenvalue weighted by atomic mass is 32.5. The van der Waals surface area contributed by atoms with E-state index >= 15 is 0 Å². The van der Waals surface area contributed by atoms with Gasteiger partial charge in [-0.3, -0.25) is 0 Å². The molecule has 0 spiro atoms. The summed E-state index contributed by atoms with van der Waals surface area (Å²) in [6, 6.07) is 0. The van der Waals surface area contributed by atoms with Crippen LogP contribution in [0.25, 0.3) is 0 Å². The van der Waals surface area contributed by atoms with Gasteiger partial charge in [0.2, 0.25) is 5.95 Å². The van der Waals surface area contributed by atoms with E-state index in [1.165, 1.54) is 4.45 Å². The Kier molecular flexibility index (Phi) is 6.93. The highest BCUT2D eigenvalue weighted by Crippen LogP contribution is 2.50. The lowest BCUT2D eigenvalue weighted by Crippen LogP contribution is -2.09. The molecule has 0 amide bonds. The second-order valence-electron chi connectivity index (χ2n) is 4.04. The maximum Gasteiger partial charge on any atom is 0.313 e. The molecule has 2 N–H and O–H groups in total. The second kappa shape index (κ2) is 7.94. The van der Waals surface area contributed by atoms with Crippen molar-refractivity contribution in [1.29, 1.82) is 0 Å². The van der Waals surface area contributed by atoms with E-state index in [1.807, 2.05) is 13.8 Å². The van der Waals surface area contributed by atoms with Gasteiger partial charge in [0.05, 0.1) is 13.2 Å². The molecule has 19 heavy (non-hydrogen) atoms. The number of unbranched alkanes of at least 4 members (excludes halogenated alkanes) is 2. The molecule has 1 rings (SSSR count). The van der Waals surface area contributed by atoms with Gasteiger partial charge in [0, 0.05) is 6.42 Å². The Hall–Kier alpha value is -0.490. The fraction of sp³-hybridized carbons (Fsp3) is 0.818. The maximum absolute atomic E-state index is 5.88. The van der Waals surface area contributed by atoms with Crippen LogP contribution in [-0.4, -0.2) is 27.7 Å². The second-order valence-corrected chi connectivity index (χ2v) is 7.25. The average molecular weight is 306 g/mol. The maximum atomic E-state index is 5.88. The summed E-state index contributed by atoms with van der Waals surface area (Å²) in [7, 11) is 0. The first-order valence-electron chi connectivity index (χ1n) is 6.68. The van der Waals surface area contributed by atoms with Crippen molar-refractivity contribution < 1.29 is 9.05 Å². The van der Waals surface area contributed by atoms with E-state index in [2.05, 4.69) is 17.0 Å². The Morgan fingerprint density at radius 3 is 2.37 bits per heavy atom. The summed E-state index contributed by atoms with van der Waals surface area (Å²) in [6.07, 6.45) is 4.16. The molecule has 0 bridgehead atoms. The summed E-state index contributed by atoms with van der Waals surface area (Å²) in [5.41, 5.74) is 5.88. The van der Waals surface area contributed by atoms with Crippen LogP contribution in [0.3, 0.4) is 0 Å². The van der Waals surface area contributed by atoms with Crippen molar-refractivity contribution >= 4 is 24.4 Å². The molecule has 0 saturated carbocycles. The number of nitrogen functional groups attached to an aromatic ring is 1. The van der Waals surface area contributed by atoms with Gasteiger partial charge < -0.3 is 14.8 Å². The number of nitrogens with two attached hydrogens (primary N) is 1. The molecule has 0 atom stereocenters. The van der Waals surface area contributed by atoms with E-state index in [0.29, 0.717) is 19.0 Å². The van der Waals surface area contributed by atoms with Crippen molar-refractivity contribution in [3.63, 3.8) is 0 Å². The van der Waals surface area contributed by atoms with Gasteiger partial charge >= 0.3 is 6.64 Å². The molecule has 0 fully saturated rings. The molecule has 0 aliphatic heterocycles. The van der Waals surface area contributed by atoms with E-state index in [0.717, 1.165) is 25.7 Å². The average Bonchev–Trinajstić information content (AvgIpc) is 2.72. The lowest BCUT2D eigenvalue weighted by atomic mass is 10.2. The standard InChI is InChI=1S/C11H23N4O2PS/c1-4-7-8-9-10-13-11(12)15(14-10)18(19,16-5-2)17-6-3/h4-9H2,1-3H3,(H2,12,13,14). The zero-order valence-electron chi connectivity index (χ0n) is 11.8. The fourth-order valence-corrected chi connectivity index (χ4v) is 4.10. The molecule has 110 valence electrons. The molecule has 1 aromatic heterocycles. The molecule has 0 aliphatic carbocycles. The van der Waals surface area contributed by atoms with E-state index in [1.54, 1.807) is 0 Å². The minimum absolute atomic E-state index is 0.275. The van der Waals surface area contributed by atoms with E-state index in [4.69, 9.17) is 26.6 Å². The Labute approximate surface area is 119 Å². The Balaban J connectivity index is 2.88. The van der Waals surface area contributed by atoms with Gasteiger partial charge in [0.1, 0.15) is 0 Å². The summed E-state index contributed by atoms with van der Waals surface area (Å²) in [5, 5.41) is 4.37. The van der Waals surface area contributed by atoms with Crippen molar-refractivity contribution in [2.24, 2.45) is 0 Å². The molecule has 0 unspecified atom stereocenters. The molecule has 0 aromatic carbocycles. The van der Waals surface area contributed by atoms with Crippen molar-refractivity contribution in [3.05, 3.63) is 5.82 Å². The number of anilines is 1. The van der Waals surface area contributed by atoms with Crippen LogP contribution >= 0.6 is 6.64 Å². The summed E-state index contributed by atoms with van der Waals surface area (Å²) >= 11 is 5.45. The van der Waals surface area contributed by atoms with Crippen molar-refractivity contribution in [1.82, 2.24) is 14.5 Å². The zero-order chi connectivity index (χ0) is 14.3. The van der Waals surface area contributed by atoms with Gasteiger partial charge in [0.25, 0.3) is 0 Å². The Morgan fingerprint density at radius 2 is 1.84 bits per heavy atom. The van der Waals surface area contributed by atoms with Crippen LogP contribution in [0.1, 0.15) is 45.9 Å². The normalized spacial score (nSPS) is 11.9. The van der Waals surface area contributed by atoms with Crippen molar-refractivity contribution in [3.8, 4) is 0 Å². The van der Waals surface area contributed by atoms with Crippen LogP contribution in [0.15, 0.2) is 0 Å². The number of hydrogen-bond donors (Lipinski definition) is 1. The van der Waals surface area contributed by atoms with Crippen molar-refractivity contribution in [2.45, 2.75) is 46.5 Å². The minimum Gasteiger partial charge on any atom is -0.368 e. The lowest BCUT2D eigenvalue weighted by Gasteiger charge is -2.20. The third kappa shape index (κ3) is 4.53. The topological polar surface area (TPSA) is 75.2 Å². The third-order valence-electron chi connectivity index (χ3n) is 2.48. The molecular weight excluding hydrogens is 283 g/mol. The number of nitrogens with zero attached hydrogens (tertiary/aromatic N) is 3. The monoisotopic (exact) mass is 306 g/mol. The lowest BCUT2D eigenvalue weighted by molar-refractivity contribution is 0.257. The van der Waals surface area contributed by atoms with Crippen molar-refractivity contribution in [2.75, 3.05) is 18.9 Å². The van der Waals surface area contributed by atoms with Gasteiger partial charge in [-0.1, -0.05) is 19.8 Å². The zero-order valence-corrected chi connectivity index (χ0v) is 13.5. The first-order chi connectivity index (χ1) is 9.07. The number of aromatic nitrogens is 3. The summed E-state index contributed by atoms with van der Waals surface area (Å²) in [5.74, 6) is 0.983. The first-order valence-corrected chi connectivity index (χ1v) is 9.27. The van der Waals surface area contributed by atoms with Crippen LogP contribution < -0.4 is 5.73 Å². The van der Waals surface area contributed by atoms with Crippen LogP contribution in [0.5, 0.6) is 0 Å². The van der Waals surface area contributed by atoms with Crippen LogP contribution in [0.4, 0.5) is 5.95 Å². The first kappa shape index (κ1) is 16.6. The predicted molar refractivity (Wildman–Crippen MR) is 80.6 cm³/mol. The van der Waals surface area contributed by atoms with Crippen LogP contribution in [0, 0.1) is 0 Å². The third-order valence-corrected chi connectivity index (χ3v) is 5.50. The Bertz CT molecular complexity index is 428. The quantitative estimate of drug-likeness (QED) is 0.558. The largest absolute Gasteiger partial charge is 0.368 e. The number of aryl methyl sites for hydroxylation is 1. The number of hydrogen-bond acceptors (Lipinski definition) is 6. The summed E-state index contributed by atoms with van der Waals surface area (Å²) < 4.78 is 12.6. The molecule has 1 aromatic rings. The van der Waals surface area contributed by atoms with Crippen LogP contribution in [0.2, 0.25) is 0 Å². The van der Waals surface area contributed by atoms with Gasteiger partial charge in [0.15, 0.2) is 5.82 Å². The highest BCUT2D eigenvalue weighted by Gasteiger charge is 2.26. The molecule has 0 aliphatic rings. The van der Waals surface area contributed by atoms with Gasteiger partial charge in [-0.2, -0.15) is 9.44 Å². The smallest absolute Gasteiger partial charge is 0.313 e. The predicted octanol–water partition coefficient (Wildman–Crippen LogP) is 2.74. The minimum atomic E-state index is -2.68. The van der Waals surface area contributed by atoms with E-state index < -0.39 is 6.64 Å². The molecular formula is C11H23N4O2PS. The summed E-state index contributed by atoms with van der Waals surface area (Å²) in [4.78, 5) is 4.24. The molecule has 0 radical (unpaired) electrons. The van der Waals surface area contributed by atoms with E-state index in [9.17, 15) is 0 Å². The SMILES string of the molecule is CCCCCc1nc(N)n(P(=S)(OCC)OCC)n1. The molecule has 1 heterocycles. The molecule has 8 heteroatoms. The highest BCUT2D eigenvalue weighted by molar-refractivity contribution is 8.09. The fourth-order valence-electron chi connectivity index (χ4n) is 1.65. The van der Waals surface area contributed by atoms with Gasteiger partial charge in [-0.05, 0) is 32.1 Å². The van der Waals surface area contributed by atoms with Gasteiger partial charge in [-0.25, -0.2) is 0 Å². The molecule has 0 saturated heterocycles. The molecule has 6 nitrogen and oxygen atoms in total. The number of rotatable bonds is 9.